The van der Waals surface area contributed by atoms with Crippen LogP contribution in [0.15, 0.2) is 0 Å². The summed E-state index contributed by atoms with van der Waals surface area (Å²) in [6.07, 6.45) is 56.5. The first-order valence-corrected chi connectivity index (χ1v) is 28.9. The van der Waals surface area contributed by atoms with E-state index in [1.165, 1.54) is 225 Å². The third-order valence-electron chi connectivity index (χ3n) is 13.7. The molecule has 6 heteroatoms. The molecule has 0 fully saturated rings. The molecule has 1 unspecified atom stereocenters. The molecule has 0 aromatic rings. The van der Waals surface area contributed by atoms with Crippen molar-refractivity contribution in [3.63, 3.8) is 0 Å². The zero-order chi connectivity index (χ0) is 46.7. The highest BCUT2D eigenvalue weighted by Gasteiger charge is 2.19. The molecule has 0 amide bonds. The zero-order valence-electron chi connectivity index (χ0n) is 43.8. The molecule has 0 rings (SSSR count). The highest BCUT2D eigenvalue weighted by Crippen LogP contribution is 2.18. The van der Waals surface area contributed by atoms with E-state index in [-0.39, 0.29) is 31.1 Å². The molecule has 0 heterocycles. The Kier molecular flexibility index (Phi) is 51.1. The zero-order valence-corrected chi connectivity index (χ0v) is 43.8. The molecule has 0 bridgehead atoms. The second-order valence-corrected chi connectivity index (χ2v) is 20.2. The van der Waals surface area contributed by atoms with Gasteiger partial charge in [-0.2, -0.15) is 0 Å². The van der Waals surface area contributed by atoms with Gasteiger partial charge in [0.05, 0.1) is 0 Å². The first kappa shape index (κ1) is 62.4. The van der Waals surface area contributed by atoms with Crippen molar-refractivity contribution in [1.29, 1.82) is 0 Å². The molecule has 2 atom stereocenters. The lowest BCUT2D eigenvalue weighted by Gasteiger charge is -2.18. The lowest BCUT2D eigenvalue weighted by molar-refractivity contribution is -0.167. The van der Waals surface area contributed by atoms with Crippen LogP contribution in [0.4, 0.5) is 0 Å². The molecule has 0 aromatic heterocycles. The summed E-state index contributed by atoms with van der Waals surface area (Å²) in [5, 5.41) is 0. The van der Waals surface area contributed by atoms with Crippen molar-refractivity contribution in [1.82, 2.24) is 0 Å². The summed E-state index contributed by atoms with van der Waals surface area (Å²) >= 11 is 0. The summed E-state index contributed by atoms with van der Waals surface area (Å²) in [6, 6.07) is 0. The van der Waals surface area contributed by atoms with Gasteiger partial charge in [-0.15, -0.1) is 0 Å². The summed E-state index contributed by atoms with van der Waals surface area (Å²) in [7, 11) is 0. The molecule has 0 aliphatic heterocycles. The fourth-order valence-electron chi connectivity index (χ4n) is 8.89. The third kappa shape index (κ3) is 49.8. The number of hydrogen-bond donors (Lipinski definition) is 0. The van der Waals surface area contributed by atoms with E-state index in [2.05, 4.69) is 27.7 Å². The molecule has 0 aliphatic rings. The number of esters is 3. The molecule has 0 saturated heterocycles. The van der Waals surface area contributed by atoms with Gasteiger partial charge in [-0.3, -0.25) is 14.4 Å². The molecule has 0 saturated carbocycles. The van der Waals surface area contributed by atoms with Crippen molar-refractivity contribution >= 4 is 17.9 Å². The monoisotopic (exact) mass is 905 g/mol. The minimum absolute atomic E-state index is 0.0618. The Hall–Kier alpha value is -1.59. The average Bonchev–Trinajstić information content (AvgIpc) is 3.29. The minimum atomic E-state index is -0.761. The second kappa shape index (κ2) is 52.4. The van der Waals surface area contributed by atoms with E-state index in [9.17, 15) is 14.4 Å². The predicted octanol–water partition coefficient (Wildman–Crippen LogP) is 19.0. The topological polar surface area (TPSA) is 78.9 Å². The summed E-state index contributed by atoms with van der Waals surface area (Å²) < 4.78 is 16.9. The molecule has 0 aliphatic carbocycles. The summed E-state index contributed by atoms with van der Waals surface area (Å²) in [4.78, 5) is 38.1. The van der Waals surface area contributed by atoms with Crippen molar-refractivity contribution in [2.24, 2.45) is 5.92 Å². The van der Waals surface area contributed by atoms with Crippen LogP contribution in [0.25, 0.3) is 0 Å². The van der Waals surface area contributed by atoms with Gasteiger partial charge in [-0.05, 0) is 25.2 Å². The molecule has 0 N–H and O–H groups in total. The van der Waals surface area contributed by atoms with Crippen LogP contribution >= 0.6 is 0 Å². The standard InChI is InChI=1S/C58H112O6/c1-5-8-10-12-14-16-18-20-25-29-33-37-41-45-49-56(59)62-52-55(64-58(61)51-47-43-39-35-31-26-21-19-17-15-13-11-9-6-2)53-63-57(60)50-46-42-38-34-30-27-23-22-24-28-32-36-40-44-48-54(4)7-3/h54-55H,5-53H2,1-4H3/t54?,55-/m0/s1. The van der Waals surface area contributed by atoms with E-state index in [1.54, 1.807) is 0 Å². The first-order chi connectivity index (χ1) is 31.4. The number of hydrogen-bond acceptors (Lipinski definition) is 6. The number of unbranched alkanes of at least 4 members (excludes halogenated alkanes) is 39. The van der Waals surface area contributed by atoms with Crippen LogP contribution < -0.4 is 0 Å². The second-order valence-electron chi connectivity index (χ2n) is 20.2. The number of carbonyl (C=O) groups is 3. The summed E-state index contributed by atoms with van der Waals surface area (Å²) in [5.74, 6) is 0.0610. The molecule has 0 radical (unpaired) electrons. The Bertz CT molecular complexity index is 966. The van der Waals surface area contributed by atoms with Gasteiger partial charge >= 0.3 is 17.9 Å². The Labute approximate surface area is 399 Å². The van der Waals surface area contributed by atoms with Crippen LogP contribution in [0, 0.1) is 5.92 Å². The van der Waals surface area contributed by atoms with Crippen molar-refractivity contribution in [2.45, 2.75) is 336 Å². The lowest BCUT2D eigenvalue weighted by Crippen LogP contribution is -2.30. The van der Waals surface area contributed by atoms with Gasteiger partial charge in [-0.1, -0.05) is 291 Å². The molecule has 380 valence electrons. The maximum Gasteiger partial charge on any atom is 0.306 e. The van der Waals surface area contributed by atoms with Crippen LogP contribution in [0.3, 0.4) is 0 Å². The Morgan fingerprint density at radius 3 is 0.812 bits per heavy atom. The summed E-state index contributed by atoms with van der Waals surface area (Å²) in [6.45, 7) is 9.10. The van der Waals surface area contributed by atoms with E-state index in [0.717, 1.165) is 63.7 Å². The molecular formula is C58H112O6. The van der Waals surface area contributed by atoms with E-state index < -0.39 is 6.10 Å². The minimum Gasteiger partial charge on any atom is -0.462 e. The Morgan fingerprint density at radius 1 is 0.312 bits per heavy atom. The van der Waals surface area contributed by atoms with Crippen molar-refractivity contribution < 1.29 is 28.6 Å². The van der Waals surface area contributed by atoms with Gasteiger partial charge < -0.3 is 14.2 Å². The third-order valence-corrected chi connectivity index (χ3v) is 13.7. The van der Waals surface area contributed by atoms with E-state index in [4.69, 9.17) is 14.2 Å². The maximum atomic E-state index is 12.8. The van der Waals surface area contributed by atoms with Crippen molar-refractivity contribution in [3.8, 4) is 0 Å². The smallest absolute Gasteiger partial charge is 0.306 e. The number of carbonyl (C=O) groups excluding carboxylic acids is 3. The quantitative estimate of drug-likeness (QED) is 0.0344. The van der Waals surface area contributed by atoms with Crippen molar-refractivity contribution in [3.05, 3.63) is 0 Å². The average molecular weight is 906 g/mol. The summed E-state index contributed by atoms with van der Waals surface area (Å²) in [5.41, 5.74) is 0. The van der Waals surface area contributed by atoms with Gasteiger partial charge in [0.2, 0.25) is 0 Å². The van der Waals surface area contributed by atoms with Gasteiger partial charge in [0.1, 0.15) is 13.2 Å². The van der Waals surface area contributed by atoms with Crippen LogP contribution in [0.5, 0.6) is 0 Å². The van der Waals surface area contributed by atoms with Crippen molar-refractivity contribution in [2.75, 3.05) is 13.2 Å². The van der Waals surface area contributed by atoms with Gasteiger partial charge in [-0.25, -0.2) is 0 Å². The SMILES string of the molecule is CCCCCCCCCCCCCCCCC(=O)OC[C@@H](COC(=O)CCCCCCCCCCCCCCCCC(C)CC)OC(=O)CCCCCCCCCCCCCCCC. The van der Waals surface area contributed by atoms with Gasteiger partial charge in [0.15, 0.2) is 6.10 Å². The maximum absolute atomic E-state index is 12.8. The van der Waals surface area contributed by atoms with Crippen LogP contribution in [0.1, 0.15) is 329 Å². The Morgan fingerprint density at radius 2 is 0.547 bits per heavy atom. The fraction of sp³-hybridized carbons (Fsp3) is 0.948. The van der Waals surface area contributed by atoms with Gasteiger partial charge in [0.25, 0.3) is 0 Å². The highest BCUT2D eigenvalue weighted by molar-refractivity contribution is 5.71. The molecule has 0 spiro atoms. The number of ether oxygens (including phenoxy) is 3. The van der Waals surface area contributed by atoms with Gasteiger partial charge in [0, 0.05) is 19.3 Å². The van der Waals surface area contributed by atoms with Crippen LogP contribution in [-0.2, 0) is 28.6 Å². The van der Waals surface area contributed by atoms with Crippen LogP contribution in [-0.4, -0.2) is 37.2 Å². The number of rotatable bonds is 53. The first-order valence-electron chi connectivity index (χ1n) is 28.9. The van der Waals surface area contributed by atoms with Crippen LogP contribution in [0.2, 0.25) is 0 Å². The largest absolute Gasteiger partial charge is 0.462 e. The van der Waals surface area contributed by atoms with E-state index in [0.29, 0.717) is 19.3 Å². The fourth-order valence-corrected chi connectivity index (χ4v) is 8.89. The Balaban J connectivity index is 4.28. The van der Waals surface area contributed by atoms with E-state index in [1.807, 2.05) is 0 Å². The molecule has 6 nitrogen and oxygen atoms in total. The van der Waals surface area contributed by atoms with E-state index >= 15 is 0 Å². The lowest BCUT2D eigenvalue weighted by atomic mass is 9.99. The predicted molar refractivity (Wildman–Crippen MR) is 275 cm³/mol. The molecular weight excluding hydrogens is 793 g/mol. The molecule has 64 heavy (non-hydrogen) atoms. The highest BCUT2D eigenvalue weighted by atomic mass is 16.6. The molecule has 0 aromatic carbocycles. The normalized spacial score (nSPS) is 12.4.